The van der Waals surface area contributed by atoms with Gasteiger partial charge in [-0.3, -0.25) is 4.79 Å². The highest BCUT2D eigenvalue weighted by Gasteiger charge is 2.26. The van der Waals surface area contributed by atoms with Crippen molar-refractivity contribution in [3.05, 3.63) is 28.8 Å². The number of hydrogen-bond donors (Lipinski definition) is 2. The van der Waals surface area contributed by atoms with Crippen molar-refractivity contribution in [2.24, 2.45) is 0 Å². The molecule has 1 aliphatic heterocycles. The van der Waals surface area contributed by atoms with E-state index in [1.807, 2.05) is 20.0 Å². The Labute approximate surface area is 89.9 Å². The number of amides is 1. The van der Waals surface area contributed by atoms with Gasteiger partial charge in [-0.15, -0.1) is 0 Å². The molecule has 0 radical (unpaired) electrons. The van der Waals surface area contributed by atoms with E-state index in [0.717, 1.165) is 11.3 Å². The fourth-order valence-electron chi connectivity index (χ4n) is 2.17. The van der Waals surface area contributed by atoms with E-state index in [0.29, 0.717) is 6.42 Å². The van der Waals surface area contributed by atoms with Crippen LogP contribution in [0.1, 0.15) is 29.2 Å². The number of fused-ring (bicyclic) bond motifs is 1. The number of carbonyl (C=O) groups excluding carboxylic acids is 1. The van der Waals surface area contributed by atoms with Crippen molar-refractivity contribution in [1.29, 1.82) is 0 Å². The van der Waals surface area contributed by atoms with E-state index in [1.54, 1.807) is 0 Å². The lowest BCUT2D eigenvalue weighted by atomic mass is 9.91. The normalized spacial score (nSPS) is 19.7. The molecule has 0 aliphatic carbocycles. The summed E-state index contributed by atoms with van der Waals surface area (Å²) in [6, 6.07) is 4.30. The second-order valence-corrected chi connectivity index (χ2v) is 4.08. The van der Waals surface area contributed by atoms with Crippen LogP contribution in [0.15, 0.2) is 12.1 Å². The Bertz CT molecular complexity index is 412. The summed E-state index contributed by atoms with van der Waals surface area (Å²) in [5, 5.41) is 6.15. The maximum Gasteiger partial charge on any atom is 0.226 e. The van der Waals surface area contributed by atoms with Crippen LogP contribution >= 0.6 is 0 Å². The lowest BCUT2D eigenvalue weighted by Gasteiger charge is -2.28. The average molecular weight is 204 g/mol. The lowest BCUT2D eigenvalue weighted by Crippen LogP contribution is -2.30. The third-order valence-electron chi connectivity index (χ3n) is 3.02. The molecule has 0 aromatic heterocycles. The highest BCUT2D eigenvalue weighted by Crippen LogP contribution is 2.34. The molecule has 1 unspecified atom stereocenters. The van der Waals surface area contributed by atoms with Crippen molar-refractivity contribution in [3.8, 4) is 0 Å². The van der Waals surface area contributed by atoms with Crippen molar-refractivity contribution in [2.75, 3.05) is 12.4 Å². The number of carbonyl (C=O) groups is 1. The summed E-state index contributed by atoms with van der Waals surface area (Å²) >= 11 is 0. The molecule has 3 nitrogen and oxygen atoms in total. The number of nitrogens with one attached hydrogen (secondary N) is 2. The first-order valence-electron chi connectivity index (χ1n) is 5.20. The number of benzene rings is 1. The van der Waals surface area contributed by atoms with Gasteiger partial charge in [0.05, 0.1) is 0 Å². The van der Waals surface area contributed by atoms with Gasteiger partial charge in [-0.25, -0.2) is 0 Å². The van der Waals surface area contributed by atoms with Gasteiger partial charge in [0, 0.05) is 18.2 Å². The largest absolute Gasteiger partial charge is 0.325 e. The number of anilines is 1. The Morgan fingerprint density at radius 3 is 2.67 bits per heavy atom. The van der Waals surface area contributed by atoms with E-state index in [9.17, 15) is 4.79 Å². The molecule has 0 saturated carbocycles. The zero-order chi connectivity index (χ0) is 11.0. The van der Waals surface area contributed by atoms with E-state index >= 15 is 0 Å². The van der Waals surface area contributed by atoms with E-state index in [1.165, 1.54) is 11.1 Å². The molecule has 2 N–H and O–H groups in total. The summed E-state index contributed by atoms with van der Waals surface area (Å²) in [7, 11) is 1.90. The molecule has 2 rings (SSSR count). The van der Waals surface area contributed by atoms with Crippen LogP contribution in [0.25, 0.3) is 0 Å². The van der Waals surface area contributed by atoms with Crippen LogP contribution in [0.5, 0.6) is 0 Å². The standard InChI is InChI=1S/C12H16N2O/c1-7-4-5-8(2)12-11(7)9(13-3)6-10(15)14-12/h4-5,9,13H,6H2,1-3H3,(H,14,15). The molecule has 80 valence electrons. The van der Waals surface area contributed by atoms with Crippen molar-refractivity contribution in [3.63, 3.8) is 0 Å². The van der Waals surface area contributed by atoms with Crippen LogP contribution in [-0.2, 0) is 4.79 Å². The van der Waals surface area contributed by atoms with Crippen molar-refractivity contribution >= 4 is 11.6 Å². The van der Waals surface area contributed by atoms with Crippen LogP contribution in [0.4, 0.5) is 5.69 Å². The van der Waals surface area contributed by atoms with E-state index in [4.69, 9.17) is 0 Å². The summed E-state index contributed by atoms with van der Waals surface area (Å²) in [5.41, 5.74) is 4.58. The summed E-state index contributed by atoms with van der Waals surface area (Å²) in [6.07, 6.45) is 0.522. The first kappa shape index (κ1) is 10.2. The summed E-state index contributed by atoms with van der Waals surface area (Å²) < 4.78 is 0. The monoisotopic (exact) mass is 204 g/mol. The van der Waals surface area contributed by atoms with Crippen molar-refractivity contribution in [2.45, 2.75) is 26.3 Å². The second kappa shape index (κ2) is 3.66. The van der Waals surface area contributed by atoms with Crippen LogP contribution in [-0.4, -0.2) is 13.0 Å². The second-order valence-electron chi connectivity index (χ2n) is 4.08. The zero-order valence-electron chi connectivity index (χ0n) is 9.35. The van der Waals surface area contributed by atoms with Crippen LogP contribution in [0.2, 0.25) is 0 Å². The number of aryl methyl sites for hydroxylation is 2. The highest BCUT2D eigenvalue weighted by molar-refractivity contribution is 5.95. The fourth-order valence-corrected chi connectivity index (χ4v) is 2.17. The van der Waals surface area contributed by atoms with Crippen LogP contribution < -0.4 is 10.6 Å². The minimum absolute atomic E-state index is 0.0931. The Morgan fingerprint density at radius 1 is 1.33 bits per heavy atom. The molecule has 1 aromatic rings. The van der Waals surface area contributed by atoms with Gasteiger partial charge < -0.3 is 10.6 Å². The molecule has 1 heterocycles. The fraction of sp³-hybridized carbons (Fsp3) is 0.417. The molecule has 0 spiro atoms. The first-order valence-corrected chi connectivity index (χ1v) is 5.20. The maximum atomic E-state index is 11.5. The first-order chi connectivity index (χ1) is 7.13. The molecule has 1 amide bonds. The third kappa shape index (κ3) is 1.63. The minimum atomic E-state index is 0.0931. The zero-order valence-corrected chi connectivity index (χ0v) is 9.35. The Morgan fingerprint density at radius 2 is 2.00 bits per heavy atom. The SMILES string of the molecule is CNC1CC(=O)Nc2c(C)ccc(C)c21. The lowest BCUT2D eigenvalue weighted by molar-refractivity contribution is -0.117. The van der Waals surface area contributed by atoms with Gasteiger partial charge in [-0.2, -0.15) is 0 Å². The Kier molecular flexibility index (Phi) is 2.49. The van der Waals surface area contributed by atoms with E-state index in [2.05, 4.69) is 23.6 Å². The van der Waals surface area contributed by atoms with Gasteiger partial charge in [0.1, 0.15) is 0 Å². The predicted octanol–water partition coefficient (Wildman–Crippen LogP) is 1.91. The smallest absolute Gasteiger partial charge is 0.226 e. The van der Waals surface area contributed by atoms with Crippen LogP contribution in [0.3, 0.4) is 0 Å². The molecule has 0 saturated heterocycles. The van der Waals surface area contributed by atoms with Gasteiger partial charge in [0.25, 0.3) is 0 Å². The minimum Gasteiger partial charge on any atom is -0.325 e. The summed E-state index contributed by atoms with van der Waals surface area (Å²) in [4.78, 5) is 11.5. The molecular weight excluding hydrogens is 188 g/mol. The Hall–Kier alpha value is -1.35. The van der Waals surface area contributed by atoms with E-state index in [-0.39, 0.29) is 11.9 Å². The van der Waals surface area contributed by atoms with Crippen molar-refractivity contribution in [1.82, 2.24) is 5.32 Å². The highest BCUT2D eigenvalue weighted by atomic mass is 16.1. The molecular formula is C12H16N2O. The third-order valence-corrected chi connectivity index (χ3v) is 3.02. The summed E-state index contributed by atoms with van der Waals surface area (Å²) in [6.45, 7) is 4.11. The van der Waals surface area contributed by atoms with Crippen LogP contribution in [0, 0.1) is 13.8 Å². The molecule has 0 bridgehead atoms. The van der Waals surface area contributed by atoms with Gasteiger partial charge in [0.15, 0.2) is 0 Å². The van der Waals surface area contributed by atoms with Gasteiger partial charge in [-0.1, -0.05) is 12.1 Å². The number of hydrogen-bond acceptors (Lipinski definition) is 2. The maximum absolute atomic E-state index is 11.5. The molecule has 0 fully saturated rings. The van der Waals surface area contributed by atoms with Gasteiger partial charge in [-0.05, 0) is 37.6 Å². The molecule has 1 aromatic carbocycles. The van der Waals surface area contributed by atoms with Crippen molar-refractivity contribution < 1.29 is 4.79 Å². The topological polar surface area (TPSA) is 41.1 Å². The van der Waals surface area contributed by atoms with Gasteiger partial charge in [0.2, 0.25) is 5.91 Å². The predicted molar refractivity (Wildman–Crippen MR) is 61.0 cm³/mol. The van der Waals surface area contributed by atoms with Gasteiger partial charge >= 0.3 is 0 Å². The Balaban J connectivity index is 2.59. The number of rotatable bonds is 1. The molecule has 15 heavy (non-hydrogen) atoms. The molecule has 1 aliphatic rings. The average Bonchev–Trinajstić information content (AvgIpc) is 2.22. The molecule has 3 heteroatoms. The summed E-state index contributed by atoms with van der Waals surface area (Å²) in [5.74, 6) is 0.0931. The molecule has 1 atom stereocenters. The quantitative estimate of drug-likeness (QED) is 0.733. The van der Waals surface area contributed by atoms with E-state index < -0.39 is 0 Å².